The van der Waals surface area contributed by atoms with Crippen LogP contribution in [0.1, 0.15) is 27.2 Å². The molecule has 1 heteroatoms. The Labute approximate surface area is 79.5 Å². The van der Waals surface area contributed by atoms with E-state index in [0.717, 1.165) is 12.0 Å². The molecule has 13 heavy (non-hydrogen) atoms. The topological polar surface area (TPSA) is 0 Å². The minimum atomic E-state index is 0.334. The van der Waals surface area contributed by atoms with Crippen molar-refractivity contribution in [1.82, 2.24) is 0 Å². The zero-order valence-electron chi connectivity index (χ0n) is 8.39. The molecule has 1 rings (SSSR count). The molecule has 0 aromatic carbocycles. The summed E-state index contributed by atoms with van der Waals surface area (Å²) in [5.74, 6) is 6.13. The largest absolute Gasteiger partial charge is 0.216 e. The summed E-state index contributed by atoms with van der Waals surface area (Å²) < 4.78 is 12.0. The van der Waals surface area contributed by atoms with E-state index in [1.807, 2.05) is 6.08 Å². The van der Waals surface area contributed by atoms with Crippen molar-refractivity contribution in [3.63, 3.8) is 0 Å². The van der Waals surface area contributed by atoms with Crippen molar-refractivity contribution in [2.75, 3.05) is 0 Å². The van der Waals surface area contributed by atoms with Gasteiger partial charge in [-0.25, -0.2) is 4.39 Å². The van der Waals surface area contributed by atoms with Crippen molar-refractivity contribution in [3.05, 3.63) is 24.1 Å². The van der Waals surface area contributed by atoms with Crippen molar-refractivity contribution in [3.8, 4) is 11.8 Å². The first kappa shape index (κ1) is 10.1. The Bertz CT molecular complexity index is 297. The van der Waals surface area contributed by atoms with E-state index in [-0.39, 0.29) is 0 Å². The van der Waals surface area contributed by atoms with Crippen LogP contribution in [-0.4, -0.2) is 0 Å². The minimum Gasteiger partial charge on any atom is -0.216 e. The van der Waals surface area contributed by atoms with Gasteiger partial charge in [-0.1, -0.05) is 19.8 Å². The monoisotopic (exact) mass is 178 g/mol. The molecule has 0 spiro atoms. The van der Waals surface area contributed by atoms with Crippen LogP contribution in [0, 0.1) is 23.2 Å². The molecule has 0 aliphatic heterocycles. The van der Waals surface area contributed by atoms with E-state index in [9.17, 15) is 4.39 Å². The van der Waals surface area contributed by atoms with Gasteiger partial charge in [0.1, 0.15) is 0 Å². The molecular formula is C12H15F. The Balaban J connectivity index is 2.75. The van der Waals surface area contributed by atoms with E-state index in [0.29, 0.717) is 17.7 Å². The maximum atomic E-state index is 12.0. The molecule has 1 fully saturated rings. The molecule has 0 heterocycles. The molecular weight excluding hydrogens is 163 g/mol. The van der Waals surface area contributed by atoms with Gasteiger partial charge in [-0.2, -0.15) is 0 Å². The fraction of sp³-hybridized carbons (Fsp3) is 0.500. The molecule has 1 aliphatic carbocycles. The fourth-order valence-electron chi connectivity index (χ4n) is 1.53. The SMILES string of the molecule is CC#CC=C(C=CF)C1CC1(C)C. The standard InChI is InChI=1S/C12H15F/c1-4-5-6-10(7-8-13)11-9-12(11,2)3/h6-8,11H,9H2,1-3H3. The van der Waals surface area contributed by atoms with Gasteiger partial charge < -0.3 is 0 Å². The first-order chi connectivity index (χ1) is 6.11. The normalized spacial score (nSPS) is 25.5. The average Bonchev–Trinajstić information content (AvgIpc) is 2.69. The molecule has 0 amide bonds. The highest BCUT2D eigenvalue weighted by Gasteiger charge is 2.46. The summed E-state index contributed by atoms with van der Waals surface area (Å²) >= 11 is 0. The van der Waals surface area contributed by atoms with Crippen LogP contribution in [0.15, 0.2) is 24.1 Å². The van der Waals surface area contributed by atoms with Crippen molar-refractivity contribution in [2.45, 2.75) is 27.2 Å². The summed E-state index contributed by atoms with van der Waals surface area (Å²) in [7, 11) is 0. The number of allylic oxidation sites excluding steroid dienone is 3. The summed E-state index contributed by atoms with van der Waals surface area (Å²) in [5, 5.41) is 0. The van der Waals surface area contributed by atoms with Crippen LogP contribution in [0.3, 0.4) is 0 Å². The fourth-order valence-corrected chi connectivity index (χ4v) is 1.53. The molecule has 1 aliphatic rings. The smallest absolute Gasteiger partial charge is 0.0870 e. The van der Waals surface area contributed by atoms with E-state index < -0.39 is 0 Å². The second-order valence-corrected chi connectivity index (χ2v) is 4.08. The van der Waals surface area contributed by atoms with Gasteiger partial charge >= 0.3 is 0 Å². The zero-order chi connectivity index (χ0) is 9.90. The predicted molar refractivity (Wildman–Crippen MR) is 53.7 cm³/mol. The first-order valence-electron chi connectivity index (χ1n) is 4.51. The third-order valence-electron chi connectivity index (χ3n) is 2.55. The highest BCUT2D eigenvalue weighted by Crippen LogP contribution is 2.55. The van der Waals surface area contributed by atoms with Crippen LogP contribution < -0.4 is 0 Å². The number of rotatable bonds is 2. The van der Waals surface area contributed by atoms with Gasteiger partial charge in [-0.3, -0.25) is 0 Å². The molecule has 1 unspecified atom stereocenters. The van der Waals surface area contributed by atoms with E-state index in [1.165, 1.54) is 6.08 Å². The van der Waals surface area contributed by atoms with Gasteiger partial charge in [-0.05, 0) is 42.4 Å². The minimum absolute atomic E-state index is 0.334. The summed E-state index contributed by atoms with van der Waals surface area (Å²) in [6.07, 6.45) is 5.06. The Hall–Kier alpha value is -1.03. The highest BCUT2D eigenvalue weighted by molar-refractivity contribution is 5.34. The van der Waals surface area contributed by atoms with Gasteiger partial charge in [0.25, 0.3) is 0 Å². The molecule has 1 saturated carbocycles. The Morgan fingerprint density at radius 3 is 2.54 bits per heavy atom. The van der Waals surface area contributed by atoms with Crippen molar-refractivity contribution in [2.24, 2.45) is 11.3 Å². The summed E-state index contributed by atoms with van der Waals surface area (Å²) in [6.45, 7) is 6.17. The molecule has 1 atom stereocenters. The van der Waals surface area contributed by atoms with Gasteiger partial charge in [-0.15, -0.1) is 5.92 Å². The molecule has 0 saturated heterocycles. The second kappa shape index (κ2) is 3.79. The lowest BCUT2D eigenvalue weighted by atomic mass is 10.0. The lowest BCUT2D eigenvalue weighted by molar-refractivity contribution is 0.601. The number of hydrogen-bond acceptors (Lipinski definition) is 0. The molecule has 0 radical (unpaired) electrons. The van der Waals surface area contributed by atoms with Gasteiger partial charge in [0, 0.05) is 0 Å². The number of hydrogen-bond donors (Lipinski definition) is 0. The Morgan fingerprint density at radius 2 is 2.15 bits per heavy atom. The first-order valence-corrected chi connectivity index (χ1v) is 4.51. The van der Waals surface area contributed by atoms with Gasteiger partial charge in [0.05, 0.1) is 6.33 Å². The molecule has 0 N–H and O–H groups in total. The Kier molecular flexibility index (Phi) is 2.93. The third-order valence-corrected chi connectivity index (χ3v) is 2.55. The van der Waals surface area contributed by atoms with Crippen LogP contribution in [0.4, 0.5) is 4.39 Å². The second-order valence-electron chi connectivity index (χ2n) is 4.08. The third kappa shape index (κ3) is 2.45. The van der Waals surface area contributed by atoms with Gasteiger partial charge in [0.15, 0.2) is 0 Å². The average molecular weight is 178 g/mol. The zero-order valence-corrected chi connectivity index (χ0v) is 8.39. The van der Waals surface area contributed by atoms with Crippen LogP contribution in [0.25, 0.3) is 0 Å². The molecule has 0 aromatic heterocycles. The van der Waals surface area contributed by atoms with E-state index in [2.05, 4.69) is 25.7 Å². The van der Waals surface area contributed by atoms with Crippen LogP contribution in [0.5, 0.6) is 0 Å². The quantitative estimate of drug-likeness (QED) is 0.448. The summed E-state index contributed by atoms with van der Waals surface area (Å²) in [6, 6.07) is 0. The lowest BCUT2D eigenvalue weighted by Crippen LogP contribution is -1.92. The van der Waals surface area contributed by atoms with Gasteiger partial charge in [0.2, 0.25) is 0 Å². The van der Waals surface area contributed by atoms with E-state index >= 15 is 0 Å². The maximum Gasteiger partial charge on any atom is 0.0870 e. The van der Waals surface area contributed by atoms with Crippen LogP contribution in [-0.2, 0) is 0 Å². The molecule has 0 aromatic rings. The molecule has 0 bridgehead atoms. The maximum absolute atomic E-state index is 12.0. The van der Waals surface area contributed by atoms with Crippen LogP contribution in [0.2, 0.25) is 0 Å². The van der Waals surface area contributed by atoms with Crippen LogP contribution >= 0.6 is 0 Å². The highest BCUT2D eigenvalue weighted by atomic mass is 19.1. The summed E-state index contributed by atoms with van der Waals surface area (Å²) in [4.78, 5) is 0. The Morgan fingerprint density at radius 1 is 1.54 bits per heavy atom. The molecule has 0 nitrogen and oxygen atoms in total. The van der Waals surface area contributed by atoms with Crippen molar-refractivity contribution < 1.29 is 4.39 Å². The molecule has 70 valence electrons. The van der Waals surface area contributed by atoms with Crippen molar-refractivity contribution >= 4 is 0 Å². The lowest BCUT2D eigenvalue weighted by Gasteiger charge is -2.02. The summed E-state index contributed by atoms with van der Waals surface area (Å²) in [5.41, 5.74) is 1.35. The number of halogens is 1. The van der Waals surface area contributed by atoms with Crippen molar-refractivity contribution in [1.29, 1.82) is 0 Å². The van der Waals surface area contributed by atoms with E-state index in [4.69, 9.17) is 0 Å². The van der Waals surface area contributed by atoms with E-state index in [1.54, 1.807) is 6.92 Å². The predicted octanol–water partition coefficient (Wildman–Crippen LogP) is 3.47.